The van der Waals surface area contributed by atoms with E-state index in [1.54, 1.807) is 18.7 Å². The van der Waals surface area contributed by atoms with Gasteiger partial charge in [0, 0.05) is 13.2 Å². The molecular formula is C15H28N2O3. The van der Waals surface area contributed by atoms with E-state index >= 15 is 0 Å². The number of carbonyl (C=O) groups is 2. The van der Waals surface area contributed by atoms with Gasteiger partial charge in [-0.2, -0.15) is 0 Å². The van der Waals surface area contributed by atoms with Gasteiger partial charge in [-0.05, 0) is 26.2 Å². The van der Waals surface area contributed by atoms with Crippen LogP contribution in [0.25, 0.3) is 0 Å². The highest BCUT2D eigenvalue weighted by atomic mass is 16.5. The summed E-state index contributed by atoms with van der Waals surface area (Å²) >= 11 is 0. The van der Waals surface area contributed by atoms with Gasteiger partial charge in [0.15, 0.2) is 0 Å². The first-order valence-corrected chi connectivity index (χ1v) is 7.50. The lowest BCUT2D eigenvalue weighted by Crippen LogP contribution is -2.68. The summed E-state index contributed by atoms with van der Waals surface area (Å²) in [5, 5.41) is 2.82. The molecule has 0 spiro atoms. The van der Waals surface area contributed by atoms with Crippen molar-refractivity contribution in [1.82, 2.24) is 10.2 Å². The lowest BCUT2D eigenvalue weighted by Gasteiger charge is -2.44. The predicted molar refractivity (Wildman–Crippen MR) is 78.3 cm³/mol. The predicted octanol–water partition coefficient (Wildman–Crippen LogP) is 1.56. The molecule has 1 rings (SSSR count). The molecule has 0 aromatic rings. The van der Waals surface area contributed by atoms with Crippen molar-refractivity contribution in [1.29, 1.82) is 0 Å². The Morgan fingerprint density at radius 1 is 1.35 bits per heavy atom. The van der Waals surface area contributed by atoms with Gasteiger partial charge in [-0.1, -0.05) is 27.2 Å². The van der Waals surface area contributed by atoms with E-state index in [9.17, 15) is 9.59 Å². The summed E-state index contributed by atoms with van der Waals surface area (Å²) in [7, 11) is 0. The Hall–Kier alpha value is -1.10. The summed E-state index contributed by atoms with van der Waals surface area (Å²) in [5.74, 6) is 0.389. The van der Waals surface area contributed by atoms with Gasteiger partial charge in [0.1, 0.15) is 11.6 Å². The van der Waals surface area contributed by atoms with Crippen LogP contribution in [0, 0.1) is 5.92 Å². The van der Waals surface area contributed by atoms with Gasteiger partial charge in [0.2, 0.25) is 11.8 Å². The highest BCUT2D eigenvalue weighted by molar-refractivity contribution is 5.99. The monoisotopic (exact) mass is 284 g/mol. The van der Waals surface area contributed by atoms with Gasteiger partial charge < -0.3 is 15.0 Å². The molecule has 2 amide bonds. The molecule has 0 aromatic heterocycles. The van der Waals surface area contributed by atoms with Crippen LogP contribution in [0.4, 0.5) is 0 Å². The second-order valence-corrected chi connectivity index (χ2v) is 6.33. The van der Waals surface area contributed by atoms with Crippen LogP contribution in [0.15, 0.2) is 0 Å². The molecule has 5 nitrogen and oxygen atoms in total. The molecule has 0 aromatic carbocycles. The third-order valence-corrected chi connectivity index (χ3v) is 3.59. The van der Waals surface area contributed by atoms with Gasteiger partial charge in [0.25, 0.3) is 0 Å². The van der Waals surface area contributed by atoms with Crippen molar-refractivity contribution in [2.45, 2.75) is 59.0 Å². The van der Waals surface area contributed by atoms with Crippen molar-refractivity contribution >= 4 is 11.8 Å². The standard InChI is InChI=1S/C15H28N2O3/c1-6-7-12-13(18)17(8-9-20-10-11(2)3)15(4,5)14(19)16-12/h11-12H,6-10H2,1-5H3,(H,16,19). The molecule has 1 saturated heterocycles. The number of rotatable bonds is 7. The smallest absolute Gasteiger partial charge is 0.246 e. The third kappa shape index (κ3) is 3.95. The van der Waals surface area contributed by atoms with Crippen LogP contribution >= 0.6 is 0 Å². The zero-order valence-corrected chi connectivity index (χ0v) is 13.4. The Balaban J connectivity index is 2.66. The van der Waals surface area contributed by atoms with Crippen molar-refractivity contribution in [2.24, 2.45) is 5.92 Å². The molecule has 1 atom stereocenters. The summed E-state index contributed by atoms with van der Waals surface area (Å²) in [6.45, 7) is 11.4. The first kappa shape index (κ1) is 17.0. The minimum absolute atomic E-state index is 0.00426. The zero-order valence-electron chi connectivity index (χ0n) is 13.4. The first-order valence-electron chi connectivity index (χ1n) is 7.50. The van der Waals surface area contributed by atoms with E-state index < -0.39 is 5.54 Å². The summed E-state index contributed by atoms with van der Waals surface area (Å²) in [6.07, 6.45) is 1.55. The van der Waals surface area contributed by atoms with E-state index in [0.717, 1.165) is 6.42 Å². The highest BCUT2D eigenvalue weighted by Gasteiger charge is 2.45. The molecule has 0 radical (unpaired) electrons. The van der Waals surface area contributed by atoms with Crippen LogP contribution in [0.2, 0.25) is 0 Å². The van der Waals surface area contributed by atoms with Crippen LogP contribution in [-0.2, 0) is 14.3 Å². The second-order valence-electron chi connectivity index (χ2n) is 6.33. The van der Waals surface area contributed by atoms with Crippen molar-refractivity contribution < 1.29 is 14.3 Å². The molecule has 1 unspecified atom stereocenters. The Bertz CT molecular complexity index is 353. The number of ether oxygens (including phenoxy) is 1. The molecular weight excluding hydrogens is 256 g/mol. The average molecular weight is 284 g/mol. The van der Waals surface area contributed by atoms with E-state index in [1.807, 2.05) is 6.92 Å². The van der Waals surface area contributed by atoms with Crippen molar-refractivity contribution in [3.8, 4) is 0 Å². The largest absolute Gasteiger partial charge is 0.379 e. The van der Waals surface area contributed by atoms with E-state index in [4.69, 9.17) is 4.74 Å². The van der Waals surface area contributed by atoms with Crippen molar-refractivity contribution in [2.75, 3.05) is 19.8 Å². The maximum Gasteiger partial charge on any atom is 0.246 e. The maximum absolute atomic E-state index is 12.5. The van der Waals surface area contributed by atoms with Crippen LogP contribution < -0.4 is 5.32 Å². The number of amides is 2. The number of nitrogens with zero attached hydrogens (tertiary/aromatic N) is 1. The lowest BCUT2D eigenvalue weighted by atomic mass is 9.94. The van der Waals surface area contributed by atoms with Crippen molar-refractivity contribution in [3.05, 3.63) is 0 Å². The lowest BCUT2D eigenvalue weighted by molar-refractivity contribution is -0.156. The maximum atomic E-state index is 12.5. The normalized spacial score (nSPS) is 22.3. The molecule has 0 bridgehead atoms. The third-order valence-electron chi connectivity index (χ3n) is 3.59. The number of hydrogen-bond acceptors (Lipinski definition) is 3. The molecule has 1 heterocycles. The second kappa shape index (κ2) is 7.07. The first-order chi connectivity index (χ1) is 9.30. The molecule has 1 N–H and O–H groups in total. The molecule has 116 valence electrons. The van der Waals surface area contributed by atoms with Crippen LogP contribution in [0.1, 0.15) is 47.5 Å². The van der Waals surface area contributed by atoms with E-state index in [-0.39, 0.29) is 17.9 Å². The topological polar surface area (TPSA) is 58.6 Å². The molecule has 0 aliphatic carbocycles. The van der Waals surface area contributed by atoms with Crippen LogP contribution in [-0.4, -0.2) is 48.1 Å². The molecule has 5 heteroatoms. The Morgan fingerprint density at radius 2 is 2.00 bits per heavy atom. The fraction of sp³-hybridized carbons (Fsp3) is 0.867. The Labute approximate surface area is 122 Å². The van der Waals surface area contributed by atoms with Gasteiger partial charge in [-0.25, -0.2) is 0 Å². The zero-order chi connectivity index (χ0) is 15.3. The Morgan fingerprint density at radius 3 is 2.55 bits per heavy atom. The Kier molecular flexibility index (Phi) is 5.99. The number of piperazine rings is 1. The molecule has 20 heavy (non-hydrogen) atoms. The van der Waals surface area contributed by atoms with Crippen LogP contribution in [0.3, 0.4) is 0 Å². The van der Waals surface area contributed by atoms with E-state index in [2.05, 4.69) is 19.2 Å². The highest BCUT2D eigenvalue weighted by Crippen LogP contribution is 2.22. The minimum Gasteiger partial charge on any atom is -0.379 e. The van der Waals surface area contributed by atoms with E-state index in [0.29, 0.717) is 32.1 Å². The average Bonchev–Trinajstić information content (AvgIpc) is 2.35. The van der Waals surface area contributed by atoms with E-state index in [1.165, 1.54) is 0 Å². The van der Waals surface area contributed by atoms with Gasteiger partial charge in [0.05, 0.1) is 6.61 Å². The fourth-order valence-corrected chi connectivity index (χ4v) is 2.33. The molecule has 1 aliphatic heterocycles. The SMILES string of the molecule is CCCC1NC(=O)C(C)(C)N(CCOCC(C)C)C1=O. The summed E-state index contributed by atoms with van der Waals surface area (Å²) in [4.78, 5) is 26.3. The number of carbonyl (C=O) groups excluding carboxylic acids is 2. The summed E-state index contributed by atoms with van der Waals surface area (Å²) < 4.78 is 5.54. The minimum atomic E-state index is -0.803. The van der Waals surface area contributed by atoms with Gasteiger partial charge in [-0.15, -0.1) is 0 Å². The number of nitrogens with one attached hydrogen (secondary N) is 1. The quantitative estimate of drug-likeness (QED) is 0.722. The molecule has 1 fully saturated rings. The summed E-state index contributed by atoms with van der Waals surface area (Å²) in [6, 6.07) is -0.384. The molecule has 0 saturated carbocycles. The molecule has 1 aliphatic rings. The number of hydrogen-bond donors (Lipinski definition) is 1. The van der Waals surface area contributed by atoms with Gasteiger partial charge >= 0.3 is 0 Å². The van der Waals surface area contributed by atoms with Gasteiger partial charge in [-0.3, -0.25) is 9.59 Å². The van der Waals surface area contributed by atoms with Crippen LogP contribution in [0.5, 0.6) is 0 Å². The summed E-state index contributed by atoms with van der Waals surface area (Å²) in [5.41, 5.74) is -0.803. The van der Waals surface area contributed by atoms with Crippen molar-refractivity contribution in [3.63, 3.8) is 0 Å². The fourth-order valence-electron chi connectivity index (χ4n) is 2.33.